The van der Waals surface area contributed by atoms with Gasteiger partial charge in [0.2, 0.25) is 0 Å². The van der Waals surface area contributed by atoms with E-state index in [0.29, 0.717) is 64.3 Å². The smallest absolute Gasteiger partial charge is 0.256 e. The van der Waals surface area contributed by atoms with Crippen LogP contribution in [0, 0.1) is 47.4 Å². The van der Waals surface area contributed by atoms with Crippen molar-refractivity contribution < 1.29 is 33.2 Å². The number of aromatic amines is 3. The number of aromatic nitrogens is 3. The van der Waals surface area contributed by atoms with Crippen LogP contribution in [0.15, 0.2) is 66.7 Å². The first-order valence-electron chi connectivity index (χ1n) is 27.4. The SMILES string of the molecule is CC(=O)CCc1c(C)[nH]c(/C=C2\C(=O)Nc3ccccc32)c1C.CCN(CC)CCNC(=O)c1c(C)[nH]c(/C=C2\C(=O)Nc3ccc(F)cc32)c1C.CCN(CC)CCNC(=O)c1c(C)[nH]c(/C=C2\C(=O)Nc3ccccc32)c1C. The number of benzene rings is 3. The molecule has 0 saturated carbocycles. The second-order valence-electron chi connectivity index (χ2n) is 20.2. The molecule has 3 aliphatic heterocycles. The number of carbonyl (C=O) groups excluding carboxylic acids is 6. The molecule has 3 aliphatic rings. The second-order valence-corrected chi connectivity index (χ2v) is 20.2. The Labute approximate surface area is 468 Å². The number of H-pyrrole nitrogens is 3. The molecule has 0 atom stereocenters. The number of aryl methyl sites for hydroxylation is 3. The number of amides is 5. The van der Waals surface area contributed by atoms with Crippen LogP contribution in [0.4, 0.5) is 21.5 Å². The number of para-hydroxylation sites is 2. The Morgan fingerprint density at radius 1 is 0.525 bits per heavy atom. The lowest BCUT2D eigenvalue weighted by Crippen LogP contribution is -2.35. The monoisotopic (exact) mass is 1090 g/mol. The zero-order valence-corrected chi connectivity index (χ0v) is 47.9. The summed E-state index contributed by atoms with van der Waals surface area (Å²) in [5.74, 6) is -0.939. The van der Waals surface area contributed by atoms with E-state index in [1.54, 1.807) is 19.1 Å². The van der Waals surface area contributed by atoms with E-state index in [9.17, 15) is 33.2 Å². The summed E-state index contributed by atoms with van der Waals surface area (Å²) in [5.41, 5.74) is 16.3. The minimum absolute atomic E-state index is 0.0804. The van der Waals surface area contributed by atoms with Crippen molar-refractivity contribution in [2.45, 2.75) is 89.0 Å². The molecule has 80 heavy (non-hydrogen) atoms. The van der Waals surface area contributed by atoms with E-state index >= 15 is 0 Å². The van der Waals surface area contributed by atoms with Gasteiger partial charge in [-0.3, -0.25) is 24.0 Å². The highest BCUT2D eigenvalue weighted by atomic mass is 19.1. The van der Waals surface area contributed by atoms with Crippen LogP contribution in [-0.2, 0) is 25.6 Å². The van der Waals surface area contributed by atoms with Gasteiger partial charge >= 0.3 is 0 Å². The summed E-state index contributed by atoms with van der Waals surface area (Å²) in [6.07, 6.45) is 6.68. The predicted octanol–water partition coefficient (Wildman–Crippen LogP) is 10.2. The Kier molecular flexibility index (Phi) is 19.6. The van der Waals surface area contributed by atoms with Gasteiger partial charge < -0.3 is 56.1 Å². The van der Waals surface area contributed by atoms with Crippen molar-refractivity contribution >= 4 is 87.3 Å². The number of halogens is 1. The number of fused-ring (bicyclic) bond motifs is 3. The Morgan fingerprint density at radius 3 is 1.34 bits per heavy atom. The number of nitrogens with zero attached hydrogens (tertiary/aromatic N) is 2. The molecular weight excluding hydrogens is 1010 g/mol. The summed E-state index contributed by atoms with van der Waals surface area (Å²) in [7, 11) is 0. The Morgan fingerprint density at radius 2 is 0.912 bits per heavy atom. The molecule has 3 aromatic heterocycles. The largest absolute Gasteiger partial charge is 0.359 e. The molecule has 6 aromatic rings. The lowest BCUT2D eigenvalue weighted by molar-refractivity contribution is -0.117. The molecule has 8 N–H and O–H groups in total. The van der Waals surface area contributed by atoms with Crippen LogP contribution >= 0.6 is 0 Å². The number of carbonyl (C=O) groups is 6. The number of nitrogens with one attached hydrogen (secondary N) is 8. The number of anilines is 3. The third kappa shape index (κ3) is 13.5. The Hall–Kier alpha value is -8.41. The second kappa shape index (κ2) is 26.5. The van der Waals surface area contributed by atoms with Gasteiger partial charge in [-0.1, -0.05) is 64.1 Å². The van der Waals surface area contributed by atoms with E-state index < -0.39 is 5.82 Å². The van der Waals surface area contributed by atoms with Crippen LogP contribution in [0.3, 0.4) is 0 Å². The van der Waals surface area contributed by atoms with Crippen LogP contribution in [-0.4, -0.2) is 112 Å². The predicted molar refractivity (Wildman–Crippen MR) is 319 cm³/mol. The van der Waals surface area contributed by atoms with Crippen molar-refractivity contribution in [3.63, 3.8) is 0 Å². The number of hydrogen-bond donors (Lipinski definition) is 8. The van der Waals surface area contributed by atoms with Crippen molar-refractivity contribution in [3.05, 3.63) is 157 Å². The minimum Gasteiger partial charge on any atom is -0.359 e. The molecule has 16 nitrogen and oxygen atoms in total. The molecule has 5 amide bonds. The van der Waals surface area contributed by atoms with Gasteiger partial charge in [0.1, 0.15) is 11.6 Å². The fourth-order valence-electron chi connectivity index (χ4n) is 10.4. The van der Waals surface area contributed by atoms with Crippen molar-refractivity contribution in [2.75, 3.05) is 68.3 Å². The first kappa shape index (κ1) is 59.3. The number of likely N-dealkylation sites (N-methyl/N-ethyl adjacent to an activating group) is 2. The van der Waals surface area contributed by atoms with E-state index in [0.717, 1.165) is 113 Å². The van der Waals surface area contributed by atoms with Gasteiger partial charge in [-0.15, -0.1) is 0 Å². The van der Waals surface area contributed by atoms with Crippen molar-refractivity contribution in [1.29, 1.82) is 0 Å². The summed E-state index contributed by atoms with van der Waals surface area (Å²) in [5, 5.41) is 14.5. The van der Waals surface area contributed by atoms with Crippen LogP contribution < -0.4 is 26.6 Å². The normalized spacial score (nSPS) is 14.6. The molecule has 0 radical (unpaired) electrons. The lowest BCUT2D eigenvalue weighted by atomic mass is 10.0. The molecule has 0 saturated heterocycles. The maximum absolute atomic E-state index is 13.7. The van der Waals surface area contributed by atoms with Crippen LogP contribution in [0.2, 0.25) is 0 Å². The quantitative estimate of drug-likeness (QED) is 0.0387. The number of rotatable bonds is 18. The Balaban J connectivity index is 0.000000175. The molecular formula is C63H75FN10O6. The molecule has 3 aromatic carbocycles. The van der Waals surface area contributed by atoms with Gasteiger partial charge in [-0.25, -0.2) is 4.39 Å². The lowest BCUT2D eigenvalue weighted by Gasteiger charge is -2.18. The van der Waals surface area contributed by atoms with Crippen LogP contribution in [0.25, 0.3) is 34.9 Å². The summed E-state index contributed by atoms with van der Waals surface area (Å²) in [6, 6.07) is 19.5. The maximum Gasteiger partial charge on any atom is 0.256 e. The first-order chi connectivity index (χ1) is 38.3. The molecule has 0 aliphatic carbocycles. The molecule has 6 heterocycles. The summed E-state index contributed by atoms with van der Waals surface area (Å²) in [6.45, 7) is 28.1. The zero-order chi connectivity index (χ0) is 57.9. The highest BCUT2D eigenvalue weighted by Crippen LogP contribution is 2.37. The minimum atomic E-state index is -0.404. The highest BCUT2D eigenvalue weighted by molar-refractivity contribution is 6.36. The topological polar surface area (TPSA) is 216 Å². The molecule has 0 bridgehead atoms. The average molecular weight is 1090 g/mol. The number of ketones is 1. The molecule has 0 unspecified atom stereocenters. The van der Waals surface area contributed by atoms with E-state index in [1.807, 2.05) is 102 Å². The summed E-state index contributed by atoms with van der Waals surface area (Å²) >= 11 is 0. The summed E-state index contributed by atoms with van der Waals surface area (Å²) < 4.78 is 13.7. The first-order valence-corrected chi connectivity index (χ1v) is 27.4. The molecule has 0 spiro atoms. The molecule has 9 rings (SSSR count). The van der Waals surface area contributed by atoms with Gasteiger partial charge in [0.25, 0.3) is 29.5 Å². The van der Waals surface area contributed by atoms with Gasteiger partial charge in [0, 0.05) is 101 Å². The van der Waals surface area contributed by atoms with Crippen molar-refractivity contribution in [3.8, 4) is 0 Å². The number of hydrogen-bond acceptors (Lipinski definition) is 8. The van der Waals surface area contributed by atoms with Crippen molar-refractivity contribution in [2.24, 2.45) is 0 Å². The van der Waals surface area contributed by atoms with Gasteiger partial charge in [0.15, 0.2) is 0 Å². The van der Waals surface area contributed by atoms with E-state index in [4.69, 9.17) is 0 Å². The molecule has 420 valence electrons. The maximum atomic E-state index is 13.7. The van der Waals surface area contributed by atoms with Gasteiger partial charge in [-0.05, 0) is 152 Å². The fourth-order valence-corrected chi connectivity index (χ4v) is 10.4. The van der Waals surface area contributed by atoms with E-state index in [-0.39, 0.29) is 35.3 Å². The molecule has 0 fully saturated rings. The van der Waals surface area contributed by atoms with Gasteiger partial charge in [-0.2, -0.15) is 0 Å². The molecule has 17 heteroatoms. The highest BCUT2D eigenvalue weighted by Gasteiger charge is 2.28. The average Bonchev–Trinajstić information content (AvgIpc) is 4.28. The zero-order valence-electron chi connectivity index (χ0n) is 47.9. The fraction of sp³-hybridized carbons (Fsp3) is 0.333. The van der Waals surface area contributed by atoms with Crippen LogP contribution in [0.1, 0.15) is 135 Å². The third-order valence-electron chi connectivity index (χ3n) is 15.0. The van der Waals surface area contributed by atoms with E-state index in [2.05, 4.69) is 79.0 Å². The third-order valence-corrected chi connectivity index (χ3v) is 15.0. The van der Waals surface area contributed by atoms with Crippen molar-refractivity contribution in [1.82, 2.24) is 35.4 Å². The standard InChI is InChI=1S/C22H27FN4O2.C22H28N4O2.C19H20N2O2/c1-5-27(6-2)10-9-24-22(29)20-13(3)19(25-14(20)4)12-17-16-11-15(23)7-8-18(16)26-21(17)28;1-5-26(6-2)12-11-23-22(28)20-14(3)19(24-15(20)4)13-17-16-9-7-8-10-18(16)25-21(17)27;1-11(22)8-9-14-12(2)18(20-13(14)3)10-16-15-6-4-5-7-17(15)21-19(16)23/h7-8,11-12,25H,5-6,9-10H2,1-4H3,(H,24,29)(H,26,28);7-10,13,24H,5-6,11-12H2,1-4H3,(H,23,28)(H,25,27);4-7,10,20H,8-9H2,1-3H3,(H,21,23)/b17-12-;17-13-;16-10-. The van der Waals surface area contributed by atoms with Crippen LogP contribution in [0.5, 0.6) is 0 Å². The number of Topliss-reactive ketones (excluding diaryl/α,β-unsaturated/α-hetero) is 1. The Bertz CT molecular complexity index is 3440. The summed E-state index contributed by atoms with van der Waals surface area (Å²) in [4.78, 5) is 87.9. The van der Waals surface area contributed by atoms with Gasteiger partial charge in [0.05, 0.1) is 27.8 Å². The van der Waals surface area contributed by atoms with E-state index in [1.165, 1.54) is 17.7 Å².